The molecule has 0 radical (unpaired) electrons. The Morgan fingerprint density at radius 2 is 1.77 bits per heavy atom. The Labute approximate surface area is 206 Å². The molecule has 4 rings (SSSR count). The average molecular weight is 495 g/mol. The number of aryl methyl sites for hydroxylation is 1. The molecule has 0 saturated heterocycles. The molecule has 1 heterocycles. The predicted molar refractivity (Wildman–Crippen MR) is 130 cm³/mol. The smallest absolute Gasteiger partial charge is 0.305 e. The maximum Gasteiger partial charge on any atom is 0.305 e. The minimum absolute atomic E-state index is 0.0612. The van der Waals surface area contributed by atoms with Crippen LogP contribution in [0.5, 0.6) is 5.75 Å². The van der Waals surface area contributed by atoms with E-state index in [1.807, 2.05) is 0 Å². The molecule has 3 amide bonds. The fourth-order valence-electron chi connectivity index (χ4n) is 3.88. The van der Waals surface area contributed by atoms with Crippen molar-refractivity contribution >= 4 is 35.0 Å². The summed E-state index contributed by atoms with van der Waals surface area (Å²) in [6, 6.07) is 13.2. The number of nitrogens with zero attached hydrogens (tertiary/aromatic N) is 1. The Kier molecular flexibility index (Phi) is 7.17. The van der Waals surface area contributed by atoms with E-state index in [2.05, 4.69) is 21.4 Å². The minimum atomic E-state index is -0.609. The number of fused-ring (bicyclic) bond motifs is 1. The van der Waals surface area contributed by atoms with Gasteiger partial charge < -0.3 is 9.15 Å². The molecule has 180 valence electrons. The van der Waals surface area contributed by atoms with Gasteiger partial charge in [-0.15, -0.1) is 0 Å². The second kappa shape index (κ2) is 10.4. The van der Waals surface area contributed by atoms with Gasteiger partial charge in [-0.25, -0.2) is 5.43 Å². The Morgan fingerprint density at radius 1 is 1.00 bits per heavy atom. The number of hydrazone groups is 1. The molecular formula is C25H23ClN4O5. The first-order valence-electron chi connectivity index (χ1n) is 10.9. The molecule has 35 heavy (non-hydrogen) atoms. The normalized spacial score (nSPS) is 13.6. The molecule has 9 nitrogen and oxygen atoms in total. The SMILES string of the molecule is COc1ccccc1C(=O)NNC(=O)c1oc2c(c1C)/C(=N/NC(=O)c1cccc(Cl)c1)CCC2. The number of ether oxygens (including phenoxy) is 1. The minimum Gasteiger partial charge on any atom is -0.496 e. The first kappa shape index (κ1) is 24.0. The number of hydrazine groups is 1. The number of halogens is 1. The van der Waals surface area contributed by atoms with Gasteiger partial charge in [0, 0.05) is 28.1 Å². The highest BCUT2D eigenvalue weighted by molar-refractivity contribution is 6.31. The van der Waals surface area contributed by atoms with E-state index in [9.17, 15) is 14.4 Å². The molecule has 10 heteroatoms. The van der Waals surface area contributed by atoms with E-state index in [0.29, 0.717) is 51.8 Å². The van der Waals surface area contributed by atoms with Gasteiger partial charge >= 0.3 is 5.91 Å². The van der Waals surface area contributed by atoms with Crippen molar-refractivity contribution in [2.24, 2.45) is 5.10 Å². The number of rotatable bonds is 5. The van der Waals surface area contributed by atoms with Gasteiger partial charge in [-0.3, -0.25) is 25.2 Å². The molecule has 0 unspecified atom stereocenters. The summed E-state index contributed by atoms with van der Waals surface area (Å²) in [7, 11) is 1.46. The van der Waals surface area contributed by atoms with Crippen molar-refractivity contribution in [2.45, 2.75) is 26.2 Å². The summed E-state index contributed by atoms with van der Waals surface area (Å²) in [5.74, 6) is -0.495. The zero-order valence-corrected chi connectivity index (χ0v) is 19.9. The molecular weight excluding hydrogens is 472 g/mol. The number of methoxy groups -OCH3 is 1. The number of carbonyl (C=O) groups excluding carboxylic acids is 3. The number of nitrogens with one attached hydrogen (secondary N) is 3. The highest BCUT2D eigenvalue weighted by atomic mass is 35.5. The predicted octanol–water partition coefficient (Wildman–Crippen LogP) is 3.80. The van der Waals surface area contributed by atoms with Crippen LogP contribution in [0, 0.1) is 6.92 Å². The monoisotopic (exact) mass is 494 g/mol. The van der Waals surface area contributed by atoms with Gasteiger partial charge in [-0.1, -0.05) is 29.8 Å². The highest BCUT2D eigenvalue weighted by Crippen LogP contribution is 2.30. The first-order valence-corrected chi connectivity index (χ1v) is 11.3. The summed E-state index contributed by atoms with van der Waals surface area (Å²) < 4.78 is 11.0. The molecule has 2 aromatic carbocycles. The summed E-state index contributed by atoms with van der Waals surface area (Å²) >= 11 is 5.95. The molecule has 0 atom stereocenters. The molecule has 3 N–H and O–H groups in total. The lowest BCUT2D eigenvalue weighted by molar-refractivity contribution is 0.0827. The number of amides is 3. The van der Waals surface area contributed by atoms with Crippen LogP contribution < -0.4 is 21.0 Å². The van der Waals surface area contributed by atoms with Crippen molar-refractivity contribution in [3.63, 3.8) is 0 Å². The zero-order valence-electron chi connectivity index (χ0n) is 19.1. The van der Waals surface area contributed by atoms with Gasteiger partial charge in [0.1, 0.15) is 11.5 Å². The molecule has 0 aliphatic heterocycles. The topological polar surface area (TPSA) is 122 Å². The van der Waals surface area contributed by atoms with Crippen LogP contribution in [-0.2, 0) is 6.42 Å². The van der Waals surface area contributed by atoms with E-state index in [0.717, 1.165) is 6.42 Å². The number of furan rings is 1. The average Bonchev–Trinajstić information content (AvgIpc) is 3.22. The summed E-state index contributed by atoms with van der Waals surface area (Å²) in [6.07, 6.45) is 1.98. The molecule has 0 saturated carbocycles. The number of carbonyl (C=O) groups is 3. The summed E-state index contributed by atoms with van der Waals surface area (Å²) in [5.41, 5.74) is 9.83. The molecule has 1 aliphatic carbocycles. The van der Waals surface area contributed by atoms with Crippen molar-refractivity contribution in [3.05, 3.63) is 87.3 Å². The number of benzene rings is 2. The lowest BCUT2D eigenvalue weighted by Gasteiger charge is -2.13. The van der Waals surface area contributed by atoms with Crippen molar-refractivity contribution < 1.29 is 23.5 Å². The molecule has 3 aromatic rings. The zero-order chi connectivity index (χ0) is 24.9. The molecule has 0 spiro atoms. The second-order valence-corrected chi connectivity index (χ2v) is 8.26. The quantitative estimate of drug-likeness (QED) is 0.466. The second-order valence-electron chi connectivity index (χ2n) is 7.83. The van der Waals surface area contributed by atoms with Crippen molar-refractivity contribution in [1.29, 1.82) is 0 Å². The summed E-state index contributed by atoms with van der Waals surface area (Å²) in [4.78, 5) is 37.7. The molecule has 1 aliphatic rings. The van der Waals surface area contributed by atoms with Crippen molar-refractivity contribution in [2.75, 3.05) is 7.11 Å². The van der Waals surface area contributed by atoms with E-state index in [-0.39, 0.29) is 11.3 Å². The van der Waals surface area contributed by atoms with Gasteiger partial charge in [0.15, 0.2) is 5.76 Å². The molecule has 1 aromatic heterocycles. The van der Waals surface area contributed by atoms with E-state index >= 15 is 0 Å². The van der Waals surface area contributed by atoms with Gasteiger partial charge in [-0.05, 0) is 50.1 Å². The first-order chi connectivity index (χ1) is 16.9. The Hall–Kier alpha value is -4.11. The third-order valence-corrected chi connectivity index (χ3v) is 5.79. The number of hydrogen-bond donors (Lipinski definition) is 3. The van der Waals surface area contributed by atoms with Gasteiger partial charge in [0.25, 0.3) is 11.8 Å². The van der Waals surface area contributed by atoms with Crippen molar-refractivity contribution in [1.82, 2.24) is 16.3 Å². The Morgan fingerprint density at radius 3 is 2.54 bits per heavy atom. The van der Waals surface area contributed by atoms with Crippen LogP contribution in [0.4, 0.5) is 0 Å². The highest BCUT2D eigenvalue weighted by Gasteiger charge is 2.28. The van der Waals surface area contributed by atoms with Crippen LogP contribution in [0.2, 0.25) is 5.02 Å². The largest absolute Gasteiger partial charge is 0.496 e. The Balaban J connectivity index is 1.49. The van der Waals surface area contributed by atoms with Crippen LogP contribution >= 0.6 is 11.6 Å². The number of hydrogen-bond acceptors (Lipinski definition) is 6. The maximum atomic E-state index is 12.8. The van der Waals surface area contributed by atoms with Gasteiger partial charge in [-0.2, -0.15) is 5.10 Å². The van der Waals surface area contributed by atoms with E-state index in [1.165, 1.54) is 7.11 Å². The third-order valence-electron chi connectivity index (χ3n) is 5.55. The van der Waals surface area contributed by atoms with Crippen LogP contribution in [0.25, 0.3) is 0 Å². The summed E-state index contributed by atoms with van der Waals surface area (Å²) in [5, 5.41) is 4.74. The lowest BCUT2D eigenvalue weighted by Crippen LogP contribution is -2.41. The van der Waals surface area contributed by atoms with Crippen LogP contribution in [0.3, 0.4) is 0 Å². The van der Waals surface area contributed by atoms with Crippen LogP contribution in [-0.4, -0.2) is 30.5 Å². The Bertz CT molecular complexity index is 1330. The lowest BCUT2D eigenvalue weighted by atomic mass is 9.93. The van der Waals surface area contributed by atoms with E-state index in [4.69, 9.17) is 20.8 Å². The van der Waals surface area contributed by atoms with Gasteiger partial charge in [0.05, 0.1) is 18.4 Å². The van der Waals surface area contributed by atoms with Crippen molar-refractivity contribution in [3.8, 4) is 5.75 Å². The van der Waals surface area contributed by atoms with E-state index < -0.39 is 17.7 Å². The maximum absolute atomic E-state index is 12.8. The molecule has 0 fully saturated rings. The fourth-order valence-corrected chi connectivity index (χ4v) is 4.07. The van der Waals surface area contributed by atoms with E-state index in [1.54, 1.807) is 55.5 Å². The fraction of sp³-hybridized carbons (Fsp3) is 0.200. The van der Waals surface area contributed by atoms with Crippen LogP contribution in [0.1, 0.15) is 61.0 Å². The third kappa shape index (κ3) is 5.20. The molecule has 0 bridgehead atoms. The van der Waals surface area contributed by atoms with Crippen LogP contribution in [0.15, 0.2) is 58.0 Å². The van der Waals surface area contributed by atoms with Gasteiger partial charge in [0.2, 0.25) is 0 Å². The standard InChI is InChI=1S/C25H23ClN4O5/c1-14-21-18(27-28-23(31)15-7-5-8-16(26)13-15)10-6-12-20(21)35-22(14)25(33)30-29-24(32)17-9-3-4-11-19(17)34-2/h3-5,7-9,11,13H,6,10,12H2,1-2H3,(H,28,31)(H,29,32)(H,30,33)/b27-18+. The summed E-state index contributed by atoms with van der Waals surface area (Å²) in [6.45, 7) is 1.74. The number of para-hydroxylation sites is 1.